The quantitative estimate of drug-likeness (QED) is 0.786. The van der Waals surface area contributed by atoms with E-state index in [4.69, 9.17) is 4.42 Å². The summed E-state index contributed by atoms with van der Waals surface area (Å²) in [6, 6.07) is 10.6. The molecule has 0 atom stereocenters. The highest BCUT2D eigenvalue weighted by molar-refractivity contribution is 9.10. The number of halogens is 1. The largest absolute Gasteiger partial charge is 0.459 e. The van der Waals surface area contributed by atoms with E-state index in [-0.39, 0.29) is 17.6 Å². The van der Waals surface area contributed by atoms with E-state index in [1.54, 1.807) is 12.1 Å². The standard InChI is InChI=1S/C15H15BrN2O3/c16-11-4-1-5-12(10-11)18-14(19)7-2-8-17-15(20)13-6-3-9-21-13/h1,3-6,9-10H,2,7-8H2,(H,17,20)(H,18,19). The number of anilines is 1. The Hall–Kier alpha value is -2.08. The SMILES string of the molecule is O=C(CCCNC(=O)c1ccco1)Nc1cccc(Br)c1. The molecule has 0 bridgehead atoms. The van der Waals surface area contributed by atoms with Crippen molar-refractivity contribution in [1.82, 2.24) is 5.32 Å². The third-order valence-electron chi connectivity index (χ3n) is 2.72. The number of amides is 2. The monoisotopic (exact) mass is 350 g/mol. The molecule has 0 aliphatic heterocycles. The number of benzene rings is 1. The van der Waals surface area contributed by atoms with Crippen molar-refractivity contribution in [3.8, 4) is 0 Å². The minimum atomic E-state index is -0.271. The molecule has 2 amide bonds. The normalized spacial score (nSPS) is 10.1. The molecule has 2 aromatic rings. The molecule has 2 N–H and O–H groups in total. The Labute approximate surface area is 130 Å². The number of furan rings is 1. The minimum absolute atomic E-state index is 0.0830. The highest BCUT2D eigenvalue weighted by Gasteiger charge is 2.08. The molecule has 0 fully saturated rings. The molecule has 21 heavy (non-hydrogen) atoms. The molecule has 0 radical (unpaired) electrons. The molecule has 0 aliphatic rings. The highest BCUT2D eigenvalue weighted by atomic mass is 79.9. The van der Waals surface area contributed by atoms with Gasteiger partial charge in [0.2, 0.25) is 5.91 Å². The van der Waals surface area contributed by atoms with Gasteiger partial charge < -0.3 is 15.1 Å². The number of carbonyl (C=O) groups excluding carboxylic acids is 2. The van der Waals surface area contributed by atoms with Crippen LogP contribution >= 0.6 is 15.9 Å². The summed E-state index contributed by atoms with van der Waals surface area (Å²) in [7, 11) is 0. The van der Waals surface area contributed by atoms with Crippen molar-refractivity contribution in [3.05, 3.63) is 52.9 Å². The Bertz CT molecular complexity index is 611. The Balaban J connectivity index is 1.67. The second kappa shape index (κ2) is 7.64. The van der Waals surface area contributed by atoms with E-state index in [9.17, 15) is 9.59 Å². The molecule has 0 unspecified atom stereocenters. The van der Waals surface area contributed by atoms with Crippen molar-refractivity contribution in [2.75, 3.05) is 11.9 Å². The van der Waals surface area contributed by atoms with Crippen LogP contribution in [0.1, 0.15) is 23.4 Å². The van der Waals surface area contributed by atoms with Crippen LogP contribution in [-0.2, 0) is 4.79 Å². The average molecular weight is 351 g/mol. The van der Waals surface area contributed by atoms with Gasteiger partial charge in [0.1, 0.15) is 0 Å². The summed E-state index contributed by atoms with van der Waals surface area (Å²) in [6.07, 6.45) is 2.34. The van der Waals surface area contributed by atoms with Crippen molar-refractivity contribution >= 4 is 33.4 Å². The molecule has 1 heterocycles. The van der Waals surface area contributed by atoms with E-state index in [2.05, 4.69) is 26.6 Å². The van der Waals surface area contributed by atoms with Crippen LogP contribution in [0.25, 0.3) is 0 Å². The molecule has 0 spiro atoms. The topological polar surface area (TPSA) is 71.3 Å². The van der Waals surface area contributed by atoms with Gasteiger partial charge in [0.15, 0.2) is 5.76 Å². The van der Waals surface area contributed by atoms with Gasteiger partial charge in [0, 0.05) is 23.1 Å². The van der Waals surface area contributed by atoms with Crippen molar-refractivity contribution < 1.29 is 14.0 Å². The van der Waals surface area contributed by atoms with Gasteiger partial charge in [0.05, 0.1) is 6.26 Å². The molecule has 110 valence electrons. The maximum atomic E-state index is 11.7. The second-order valence-electron chi connectivity index (χ2n) is 4.40. The third-order valence-corrected chi connectivity index (χ3v) is 3.21. The second-order valence-corrected chi connectivity index (χ2v) is 5.31. The molecule has 5 nitrogen and oxygen atoms in total. The summed E-state index contributed by atoms with van der Waals surface area (Å²) in [4.78, 5) is 23.3. The van der Waals surface area contributed by atoms with E-state index in [1.165, 1.54) is 6.26 Å². The van der Waals surface area contributed by atoms with E-state index >= 15 is 0 Å². The van der Waals surface area contributed by atoms with Gasteiger partial charge >= 0.3 is 0 Å². The predicted molar refractivity (Wildman–Crippen MR) is 83.0 cm³/mol. The van der Waals surface area contributed by atoms with Crippen LogP contribution in [0.4, 0.5) is 5.69 Å². The maximum absolute atomic E-state index is 11.7. The van der Waals surface area contributed by atoms with Gasteiger partial charge in [-0.25, -0.2) is 0 Å². The van der Waals surface area contributed by atoms with Crippen LogP contribution in [0, 0.1) is 0 Å². The Kier molecular flexibility index (Phi) is 5.57. The first kappa shape index (κ1) is 15.3. The van der Waals surface area contributed by atoms with E-state index in [0.717, 1.165) is 10.2 Å². The van der Waals surface area contributed by atoms with Crippen LogP contribution in [0.3, 0.4) is 0 Å². The molecule has 0 aliphatic carbocycles. The van der Waals surface area contributed by atoms with E-state index in [1.807, 2.05) is 24.3 Å². The molecule has 0 saturated carbocycles. The number of hydrogen-bond acceptors (Lipinski definition) is 3. The molecule has 2 rings (SSSR count). The number of rotatable bonds is 6. The number of nitrogens with one attached hydrogen (secondary N) is 2. The van der Waals surface area contributed by atoms with Crippen LogP contribution in [0.5, 0.6) is 0 Å². The van der Waals surface area contributed by atoms with Crippen LogP contribution in [0.2, 0.25) is 0 Å². The lowest BCUT2D eigenvalue weighted by Gasteiger charge is -2.06. The van der Waals surface area contributed by atoms with Gasteiger partial charge in [-0.15, -0.1) is 0 Å². The summed E-state index contributed by atoms with van der Waals surface area (Å²) in [5.74, 6) is -0.0821. The predicted octanol–water partition coefficient (Wildman–Crippen LogP) is 3.19. The summed E-state index contributed by atoms with van der Waals surface area (Å²) in [6.45, 7) is 0.422. The molecule has 6 heteroatoms. The smallest absolute Gasteiger partial charge is 0.286 e. The lowest BCUT2D eigenvalue weighted by Crippen LogP contribution is -2.25. The molecule has 1 aromatic heterocycles. The molecule has 0 saturated heterocycles. The molecular formula is C15H15BrN2O3. The van der Waals surface area contributed by atoms with E-state index in [0.29, 0.717) is 19.4 Å². The first-order valence-electron chi connectivity index (χ1n) is 6.52. The van der Waals surface area contributed by atoms with Crippen LogP contribution in [0.15, 0.2) is 51.6 Å². The van der Waals surface area contributed by atoms with Crippen LogP contribution in [-0.4, -0.2) is 18.4 Å². The Morgan fingerprint density at radius 3 is 2.76 bits per heavy atom. The highest BCUT2D eigenvalue weighted by Crippen LogP contribution is 2.15. The Morgan fingerprint density at radius 1 is 1.19 bits per heavy atom. The fourth-order valence-corrected chi connectivity index (χ4v) is 2.13. The fourth-order valence-electron chi connectivity index (χ4n) is 1.74. The molecular weight excluding hydrogens is 336 g/mol. The summed E-state index contributed by atoms with van der Waals surface area (Å²) in [5.41, 5.74) is 0.744. The first-order valence-corrected chi connectivity index (χ1v) is 7.31. The summed E-state index contributed by atoms with van der Waals surface area (Å²) < 4.78 is 5.88. The number of carbonyl (C=O) groups is 2. The summed E-state index contributed by atoms with van der Waals surface area (Å²) >= 11 is 3.34. The lowest BCUT2D eigenvalue weighted by molar-refractivity contribution is -0.116. The molecule has 1 aromatic carbocycles. The minimum Gasteiger partial charge on any atom is -0.459 e. The van der Waals surface area contributed by atoms with E-state index < -0.39 is 0 Å². The number of hydrogen-bond donors (Lipinski definition) is 2. The zero-order valence-corrected chi connectivity index (χ0v) is 12.9. The van der Waals surface area contributed by atoms with Crippen LogP contribution < -0.4 is 10.6 Å². The summed E-state index contributed by atoms with van der Waals surface area (Å²) in [5, 5.41) is 5.49. The zero-order chi connectivity index (χ0) is 15.1. The fraction of sp³-hybridized carbons (Fsp3) is 0.200. The maximum Gasteiger partial charge on any atom is 0.286 e. The van der Waals surface area contributed by atoms with Crippen molar-refractivity contribution in [3.63, 3.8) is 0 Å². The van der Waals surface area contributed by atoms with Gasteiger partial charge in [-0.3, -0.25) is 9.59 Å². The lowest BCUT2D eigenvalue weighted by atomic mass is 10.2. The van der Waals surface area contributed by atoms with Gasteiger partial charge in [-0.05, 0) is 36.8 Å². The van der Waals surface area contributed by atoms with Gasteiger partial charge in [-0.2, -0.15) is 0 Å². The average Bonchev–Trinajstić information content (AvgIpc) is 2.97. The van der Waals surface area contributed by atoms with Crippen molar-refractivity contribution in [2.45, 2.75) is 12.8 Å². The third kappa shape index (κ3) is 5.07. The Morgan fingerprint density at radius 2 is 2.05 bits per heavy atom. The van der Waals surface area contributed by atoms with Crippen molar-refractivity contribution in [1.29, 1.82) is 0 Å². The van der Waals surface area contributed by atoms with Crippen molar-refractivity contribution in [2.24, 2.45) is 0 Å². The van der Waals surface area contributed by atoms with Gasteiger partial charge in [-0.1, -0.05) is 22.0 Å². The van der Waals surface area contributed by atoms with Gasteiger partial charge in [0.25, 0.3) is 5.91 Å². The first-order chi connectivity index (χ1) is 10.1. The zero-order valence-electron chi connectivity index (χ0n) is 11.3.